The summed E-state index contributed by atoms with van der Waals surface area (Å²) < 4.78 is 11.0. The molecule has 25 heavy (non-hydrogen) atoms. The minimum absolute atomic E-state index is 0. The number of rotatable bonds is 7. The molecule has 0 heterocycles. The molecule has 0 aliphatic carbocycles. The summed E-state index contributed by atoms with van der Waals surface area (Å²) in [5, 5.41) is 6.65. The summed E-state index contributed by atoms with van der Waals surface area (Å²) in [6, 6.07) is 6.17. The van der Waals surface area contributed by atoms with Crippen molar-refractivity contribution in [1.29, 1.82) is 0 Å². The Morgan fingerprint density at radius 2 is 1.88 bits per heavy atom. The van der Waals surface area contributed by atoms with Gasteiger partial charge in [0.2, 0.25) is 0 Å². The average molecular weight is 463 g/mol. The van der Waals surface area contributed by atoms with Crippen molar-refractivity contribution in [3.63, 3.8) is 0 Å². The lowest BCUT2D eigenvalue weighted by Crippen LogP contribution is -2.45. The number of methoxy groups -OCH3 is 2. The van der Waals surface area contributed by atoms with Gasteiger partial charge in [-0.05, 0) is 30.9 Å². The van der Waals surface area contributed by atoms with Gasteiger partial charge < -0.3 is 20.1 Å². The molecule has 1 aromatic rings. The Morgan fingerprint density at radius 3 is 2.40 bits per heavy atom. The molecule has 6 heteroatoms. The van der Waals surface area contributed by atoms with Gasteiger partial charge in [-0.25, -0.2) is 4.99 Å². The number of aliphatic imine (C=N–C) groups is 1. The zero-order chi connectivity index (χ0) is 18.2. The molecule has 0 amide bonds. The van der Waals surface area contributed by atoms with E-state index in [1.807, 2.05) is 6.07 Å². The molecule has 144 valence electrons. The van der Waals surface area contributed by atoms with E-state index in [0.717, 1.165) is 23.8 Å². The Kier molecular flexibility index (Phi) is 11.1. The van der Waals surface area contributed by atoms with Crippen molar-refractivity contribution in [2.75, 3.05) is 27.3 Å². The highest BCUT2D eigenvalue weighted by molar-refractivity contribution is 14.0. The lowest BCUT2D eigenvalue weighted by molar-refractivity contribution is 0.0205. The lowest BCUT2D eigenvalue weighted by Gasteiger charge is -2.30. The molecule has 1 unspecified atom stereocenters. The van der Waals surface area contributed by atoms with Gasteiger partial charge in [0.15, 0.2) is 5.96 Å². The maximum Gasteiger partial charge on any atom is 0.191 e. The number of guanidine groups is 1. The normalized spacial score (nSPS) is 13.0. The summed E-state index contributed by atoms with van der Waals surface area (Å²) in [5.41, 5.74) is 2.32. The summed E-state index contributed by atoms with van der Waals surface area (Å²) in [5.74, 6) is 1.66. The summed E-state index contributed by atoms with van der Waals surface area (Å²) in [4.78, 5) is 4.67. The highest BCUT2D eigenvalue weighted by Crippen LogP contribution is 2.22. The molecule has 0 fully saturated rings. The summed E-state index contributed by atoms with van der Waals surface area (Å²) in [6.07, 6.45) is 0.107. The van der Waals surface area contributed by atoms with Crippen LogP contribution >= 0.6 is 24.0 Å². The van der Waals surface area contributed by atoms with Crippen LogP contribution in [-0.2, 0) is 11.3 Å². The molecule has 0 aliphatic rings. The van der Waals surface area contributed by atoms with E-state index in [4.69, 9.17) is 9.47 Å². The smallest absolute Gasteiger partial charge is 0.191 e. The van der Waals surface area contributed by atoms with E-state index in [2.05, 4.69) is 62.4 Å². The monoisotopic (exact) mass is 463 g/mol. The van der Waals surface area contributed by atoms with Gasteiger partial charge in [-0.3, -0.25) is 0 Å². The number of aryl methyl sites for hydroxylation is 1. The molecule has 0 aliphatic heterocycles. The number of ether oxygens (including phenoxy) is 2. The van der Waals surface area contributed by atoms with Gasteiger partial charge in [-0.15, -0.1) is 24.0 Å². The zero-order valence-corrected chi connectivity index (χ0v) is 18.9. The Bertz CT molecular complexity index is 542. The topological polar surface area (TPSA) is 54.9 Å². The highest BCUT2D eigenvalue weighted by Gasteiger charge is 2.24. The lowest BCUT2D eigenvalue weighted by atomic mass is 9.89. The van der Waals surface area contributed by atoms with Crippen LogP contribution in [0, 0.1) is 12.3 Å². The van der Waals surface area contributed by atoms with Crippen LogP contribution in [-0.4, -0.2) is 39.4 Å². The van der Waals surface area contributed by atoms with E-state index >= 15 is 0 Å². The third-order valence-electron chi connectivity index (χ3n) is 3.90. The fraction of sp³-hybridized carbons (Fsp3) is 0.632. The van der Waals surface area contributed by atoms with Crippen LogP contribution in [0.25, 0.3) is 0 Å². The third kappa shape index (κ3) is 8.27. The van der Waals surface area contributed by atoms with Gasteiger partial charge in [0.05, 0.1) is 19.8 Å². The fourth-order valence-electron chi connectivity index (χ4n) is 2.42. The first kappa shape index (κ1) is 24.0. The van der Waals surface area contributed by atoms with Gasteiger partial charge >= 0.3 is 0 Å². The minimum atomic E-state index is 0. The molecule has 0 aromatic heterocycles. The zero-order valence-electron chi connectivity index (χ0n) is 16.6. The summed E-state index contributed by atoms with van der Waals surface area (Å²) in [6.45, 7) is 12.7. The molecule has 0 saturated heterocycles. The average Bonchev–Trinajstić information content (AvgIpc) is 2.52. The van der Waals surface area contributed by atoms with Gasteiger partial charge in [0.1, 0.15) is 5.75 Å². The maximum absolute atomic E-state index is 5.59. The van der Waals surface area contributed by atoms with E-state index < -0.39 is 0 Å². The predicted octanol–water partition coefficient (Wildman–Crippen LogP) is 3.74. The van der Waals surface area contributed by atoms with Crippen molar-refractivity contribution in [3.05, 3.63) is 29.3 Å². The second-order valence-electron chi connectivity index (χ2n) is 6.98. The van der Waals surface area contributed by atoms with Crippen molar-refractivity contribution in [2.45, 2.75) is 47.3 Å². The molecule has 0 bridgehead atoms. The van der Waals surface area contributed by atoms with Gasteiger partial charge in [-0.1, -0.05) is 32.9 Å². The van der Waals surface area contributed by atoms with Gasteiger partial charge in [0, 0.05) is 25.8 Å². The minimum Gasteiger partial charge on any atom is -0.496 e. The van der Waals surface area contributed by atoms with E-state index in [0.29, 0.717) is 13.1 Å². The summed E-state index contributed by atoms with van der Waals surface area (Å²) in [7, 11) is 3.44. The number of hydrogen-bond acceptors (Lipinski definition) is 3. The van der Waals surface area contributed by atoms with Crippen LogP contribution in [0.2, 0.25) is 0 Å². The number of nitrogens with one attached hydrogen (secondary N) is 2. The van der Waals surface area contributed by atoms with Crippen LogP contribution in [0.4, 0.5) is 0 Å². The van der Waals surface area contributed by atoms with Crippen molar-refractivity contribution in [3.8, 4) is 5.75 Å². The molecule has 0 saturated carbocycles. The largest absolute Gasteiger partial charge is 0.496 e. The molecule has 1 rings (SSSR count). The first-order valence-corrected chi connectivity index (χ1v) is 8.50. The Balaban J connectivity index is 0.00000576. The first-order valence-electron chi connectivity index (χ1n) is 8.50. The fourth-order valence-corrected chi connectivity index (χ4v) is 2.42. The number of benzene rings is 1. The van der Waals surface area contributed by atoms with E-state index in [1.54, 1.807) is 14.2 Å². The molecular formula is C19H34IN3O2. The molecule has 1 aromatic carbocycles. The number of hydrogen-bond donors (Lipinski definition) is 2. The molecule has 0 spiro atoms. The number of halogens is 1. The number of nitrogens with zero attached hydrogens (tertiary/aromatic N) is 1. The standard InChI is InChI=1S/C19H33N3O2.HI/c1-8-20-18(22-13-17(24-7)19(3,4)5)21-12-15-10-9-14(2)11-16(15)23-6;/h9-11,17H,8,12-13H2,1-7H3,(H2,20,21,22);1H. The quantitative estimate of drug-likeness (QED) is 0.368. The molecule has 1 atom stereocenters. The van der Waals surface area contributed by atoms with Crippen LogP contribution in [0.3, 0.4) is 0 Å². The van der Waals surface area contributed by atoms with Crippen LogP contribution in [0.5, 0.6) is 5.75 Å². The molecule has 5 nitrogen and oxygen atoms in total. The second kappa shape index (κ2) is 11.6. The predicted molar refractivity (Wildman–Crippen MR) is 116 cm³/mol. The van der Waals surface area contributed by atoms with Gasteiger partial charge in [-0.2, -0.15) is 0 Å². The van der Waals surface area contributed by atoms with Crippen LogP contribution < -0.4 is 15.4 Å². The van der Waals surface area contributed by atoms with Gasteiger partial charge in [0.25, 0.3) is 0 Å². The van der Waals surface area contributed by atoms with Crippen LogP contribution in [0.1, 0.15) is 38.8 Å². The van der Waals surface area contributed by atoms with Crippen molar-refractivity contribution in [1.82, 2.24) is 10.6 Å². The third-order valence-corrected chi connectivity index (χ3v) is 3.90. The maximum atomic E-state index is 5.59. The van der Waals surface area contributed by atoms with Crippen molar-refractivity contribution >= 4 is 29.9 Å². The Hall–Kier alpha value is -1.02. The SMILES string of the molecule is CCNC(=NCc1ccc(C)cc1OC)NCC(OC)C(C)(C)C.I. The van der Waals surface area contributed by atoms with E-state index in [9.17, 15) is 0 Å². The van der Waals surface area contributed by atoms with Crippen LogP contribution in [0.15, 0.2) is 23.2 Å². The Labute approximate surface area is 170 Å². The van der Waals surface area contributed by atoms with Crippen molar-refractivity contribution < 1.29 is 9.47 Å². The van der Waals surface area contributed by atoms with Crippen molar-refractivity contribution in [2.24, 2.45) is 10.4 Å². The molecular weight excluding hydrogens is 429 g/mol. The first-order chi connectivity index (χ1) is 11.3. The van der Waals surface area contributed by atoms with E-state index in [-0.39, 0.29) is 35.5 Å². The molecule has 0 radical (unpaired) electrons. The second-order valence-corrected chi connectivity index (χ2v) is 6.98. The van der Waals surface area contributed by atoms with E-state index in [1.165, 1.54) is 5.56 Å². The molecule has 2 N–H and O–H groups in total. The highest BCUT2D eigenvalue weighted by atomic mass is 127. The Morgan fingerprint density at radius 1 is 1.20 bits per heavy atom. The summed E-state index contributed by atoms with van der Waals surface area (Å²) >= 11 is 0.